The number of ether oxygens (including phenoxy) is 1. The number of carbonyl (C=O) groups excluding carboxylic acids is 2. The van der Waals surface area contributed by atoms with Gasteiger partial charge in [0.1, 0.15) is 5.75 Å². The summed E-state index contributed by atoms with van der Waals surface area (Å²) in [5.74, 6) is 0.691. The number of anilines is 1. The Morgan fingerprint density at radius 1 is 1.00 bits per heavy atom. The molecule has 7 heteroatoms. The van der Waals surface area contributed by atoms with E-state index < -0.39 is 0 Å². The number of piperazine rings is 1. The van der Waals surface area contributed by atoms with Gasteiger partial charge in [-0.05, 0) is 48.9 Å². The zero-order valence-electron chi connectivity index (χ0n) is 15.4. The monoisotopic (exact) mass is 431 g/mol. The standard InChI is InChI=1S/C20H22BrN3O3/c1-14-3-6-16(13-18(14)21)22-20(26)24-11-9-23(10-12-24)19(25)15-4-7-17(27-2)8-5-15/h3-8,13H,9-12H2,1-2H3,(H,22,26). The summed E-state index contributed by atoms with van der Waals surface area (Å²) in [4.78, 5) is 28.6. The lowest BCUT2D eigenvalue weighted by Crippen LogP contribution is -2.51. The number of aryl methyl sites for hydroxylation is 1. The van der Waals surface area contributed by atoms with Crippen molar-refractivity contribution in [3.8, 4) is 5.75 Å². The van der Waals surface area contributed by atoms with E-state index in [9.17, 15) is 9.59 Å². The summed E-state index contributed by atoms with van der Waals surface area (Å²) in [6.07, 6.45) is 0. The van der Waals surface area contributed by atoms with Gasteiger partial charge in [0.15, 0.2) is 0 Å². The van der Waals surface area contributed by atoms with Crippen LogP contribution in [0.4, 0.5) is 10.5 Å². The van der Waals surface area contributed by atoms with Crippen LogP contribution in [-0.4, -0.2) is 55.0 Å². The van der Waals surface area contributed by atoms with Crippen LogP contribution in [-0.2, 0) is 0 Å². The minimum Gasteiger partial charge on any atom is -0.497 e. The van der Waals surface area contributed by atoms with Gasteiger partial charge in [-0.1, -0.05) is 22.0 Å². The highest BCUT2D eigenvalue weighted by atomic mass is 79.9. The van der Waals surface area contributed by atoms with E-state index in [1.807, 2.05) is 25.1 Å². The molecule has 142 valence electrons. The Morgan fingerprint density at radius 3 is 2.22 bits per heavy atom. The second kappa shape index (κ2) is 8.43. The molecule has 2 aromatic carbocycles. The molecule has 1 aliphatic heterocycles. The van der Waals surface area contributed by atoms with Crippen molar-refractivity contribution in [3.63, 3.8) is 0 Å². The van der Waals surface area contributed by atoms with E-state index in [1.165, 1.54) is 0 Å². The largest absolute Gasteiger partial charge is 0.497 e. The number of benzene rings is 2. The summed E-state index contributed by atoms with van der Waals surface area (Å²) in [7, 11) is 1.59. The van der Waals surface area contributed by atoms with Crippen LogP contribution in [0.2, 0.25) is 0 Å². The first kappa shape index (κ1) is 19.2. The summed E-state index contributed by atoms with van der Waals surface area (Å²) >= 11 is 3.47. The van der Waals surface area contributed by atoms with Crippen LogP contribution in [0.1, 0.15) is 15.9 Å². The molecular weight excluding hydrogens is 410 g/mol. The van der Waals surface area contributed by atoms with Crippen LogP contribution in [0.25, 0.3) is 0 Å². The lowest BCUT2D eigenvalue weighted by molar-refractivity contribution is 0.0671. The van der Waals surface area contributed by atoms with Crippen molar-refractivity contribution in [2.75, 3.05) is 38.6 Å². The lowest BCUT2D eigenvalue weighted by atomic mass is 10.1. The molecule has 1 aliphatic rings. The molecule has 0 saturated carbocycles. The Bertz CT molecular complexity index is 831. The summed E-state index contributed by atoms with van der Waals surface area (Å²) in [5.41, 5.74) is 2.48. The van der Waals surface area contributed by atoms with Crippen LogP contribution in [0, 0.1) is 6.92 Å². The molecular formula is C20H22BrN3O3. The number of urea groups is 1. The van der Waals surface area contributed by atoms with E-state index in [2.05, 4.69) is 21.2 Å². The van der Waals surface area contributed by atoms with E-state index in [1.54, 1.807) is 41.2 Å². The Balaban J connectivity index is 1.55. The molecule has 3 rings (SSSR count). The molecule has 0 aromatic heterocycles. The maximum atomic E-state index is 12.6. The highest BCUT2D eigenvalue weighted by molar-refractivity contribution is 9.10. The van der Waals surface area contributed by atoms with Gasteiger partial charge in [0.05, 0.1) is 7.11 Å². The van der Waals surface area contributed by atoms with Crippen molar-refractivity contribution in [3.05, 3.63) is 58.1 Å². The van der Waals surface area contributed by atoms with Gasteiger partial charge < -0.3 is 19.9 Å². The normalized spacial score (nSPS) is 14.0. The van der Waals surface area contributed by atoms with Gasteiger partial charge in [-0.15, -0.1) is 0 Å². The molecule has 1 heterocycles. The Labute approximate surface area is 167 Å². The third-order valence-electron chi connectivity index (χ3n) is 4.61. The summed E-state index contributed by atoms with van der Waals surface area (Å²) < 4.78 is 6.07. The van der Waals surface area contributed by atoms with Crippen LogP contribution in [0.5, 0.6) is 5.75 Å². The summed E-state index contributed by atoms with van der Waals surface area (Å²) in [6, 6.07) is 12.6. The molecule has 0 atom stereocenters. The number of halogens is 1. The van der Waals surface area contributed by atoms with E-state index in [4.69, 9.17) is 4.74 Å². The molecule has 1 saturated heterocycles. The Kier molecular flexibility index (Phi) is 6.01. The maximum absolute atomic E-state index is 12.6. The van der Waals surface area contributed by atoms with Gasteiger partial charge in [-0.25, -0.2) is 4.79 Å². The van der Waals surface area contributed by atoms with Crippen LogP contribution in [0.15, 0.2) is 46.9 Å². The summed E-state index contributed by atoms with van der Waals surface area (Å²) in [6.45, 7) is 4.02. The predicted octanol–water partition coefficient (Wildman–Crippen LogP) is 3.76. The van der Waals surface area contributed by atoms with Crippen molar-refractivity contribution in [2.45, 2.75) is 6.92 Å². The zero-order valence-corrected chi connectivity index (χ0v) is 17.0. The fourth-order valence-electron chi connectivity index (χ4n) is 2.90. The van der Waals surface area contributed by atoms with Crippen molar-refractivity contribution in [1.82, 2.24) is 9.80 Å². The molecule has 1 N–H and O–H groups in total. The van der Waals surface area contributed by atoms with Gasteiger partial charge in [0.2, 0.25) is 0 Å². The third kappa shape index (κ3) is 4.60. The quantitative estimate of drug-likeness (QED) is 0.804. The smallest absolute Gasteiger partial charge is 0.321 e. The minimum absolute atomic E-state index is 0.0276. The van der Waals surface area contributed by atoms with E-state index in [-0.39, 0.29) is 11.9 Å². The van der Waals surface area contributed by atoms with Gasteiger partial charge in [-0.3, -0.25) is 4.79 Å². The van der Waals surface area contributed by atoms with Crippen molar-refractivity contribution < 1.29 is 14.3 Å². The highest BCUT2D eigenvalue weighted by Gasteiger charge is 2.25. The molecule has 27 heavy (non-hydrogen) atoms. The van der Waals surface area contributed by atoms with Gasteiger partial charge in [0, 0.05) is 41.9 Å². The zero-order chi connectivity index (χ0) is 19.4. The predicted molar refractivity (Wildman–Crippen MR) is 108 cm³/mol. The minimum atomic E-state index is -0.151. The summed E-state index contributed by atoms with van der Waals surface area (Å²) in [5, 5.41) is 2.91. The Morgan fingerprint density at radius 2 is 1.63 bits per heavy atom. The highest BCUT2D eigenvalue weighted by Crippen LogP contribution is 2.21. The number of hydrogen-bond acceptors (Lipinski definition) is 3. The molecule has 0 unspecified atom stereocenters. The van der Waals surface area contributed by atoms with Gasteiger partial charge >= 0.3 is 6.03 Å². The third-order valence-corrected chi connectivity index (χ3v) is 5.47. The van der Waals surface area contributed by atoms with Crippen molar-refractivity contribution in [1.29, 1.82) is 0 Å². The van der Waals surface area contributed by atoms with E-state index >= 15 is 0 Å². The molecule has 0 bridgehead atoms. The Hall–Kier alpha value is -2.54. The van der Waals surface area contributed by atoms with Crippen LogP contribution >= 0.6 is 15.9 Å². The first-order valence-corrected chi connectivity index (χ1v) is 9.52. The van der Waals surface area contributed by atoms with E-state index in [0.29, 0.717) is 31.7 Å². The topological polar surface area (TPSA) is 61.9 Å². The SMILES string of the molecule is COc1ccc(C(=O)N2CCN(C(=O)Nc3ccc(C)c(Br)c3)CC2)cc1. The number of amides is 3. The number of rotatable bonds is 3. The molecule has 6 nitrogen and oxygen atoms in total. The molecule has 0 radical (unpaired) electrons. The maximum Gasteiger partial charge on any atom is 0.321 e. The number of nitrogens with one attached hydrogen (secondary N) is 1. The number of methoxy groups -OCH3 is 1. The number of hydrogen-bond donors (Lipinski definition) is 1. The molecule has 3 amide bonds. The van der Waals surface area contributed by atoms with Crippen molar-refractivity contribution >= 4 is 33.6 Å². The molecule has 0 spiro atoms. The van der Waals surface area contributed by atoms with Crippen LogP contribution < -0.4 is 10.1 Å². The molecule has 1 fully saturated rings. The fourth-order valence-corrected chi connectivity index (χ4v) is 3.28. The average Bonchev–Trinajstić information content (AvgIpc) is 2.70. The second-order valence-corrected chi connectivity index (χ2v) is 7.26. The fraction of sp³-hybridized carbons (Fsp3) is 0.300. The molecule has 2 aromatic rings. The van der Waals surface area contributed by atoms with Gasteiger partial charge in [-0.2, -0.15) is 0 Å². The lowest BCUT2D eigenvalue weighted by Gasteiger charge is -2.34. The van der Waals surface area contributed by atoms with E-state index in [0.717, 1.165) is 21.5 Å². The first-order chi connectivity index (χ1) is 13.0. The first-order valence-electron chi connectivity index (χ1n) is 8.73. The second-order valence-electron chi connectivity index (χ2n) is 6.40. The van der Waals surface area contributed by atoms with Crippen molar-refractivity contribution in [2.24, 2.45) is 0 Å². The van der Waals surface area contributed by atoms with Gasteiger partial charge in [0.25, 0.3) is 5.91 Å². The number of nitrogens with zero attached hydrogens (tertiary/aromatic N) is 2. The van der Waals surface area contributed by atoms with Crippen LogP contribution in [0.3, 0.4) is 0 Å². The molecule has 0 aliphatic carbocycles. The number of carbonyl (C=O) groups is 2. The average molecular weight is 432 g/mol.